The average Bonchev–Trinajstić information content (AvgIpc) is 2.71. The molecule has 2 aliphatic heterocycles. The lowest BCUT2D eigenvalue weighted by atomic mass is 9.95. The first-order valence-corrected chi connectivity index (χ1v) is 6.35. The van der Waals surface area contributed by atoms with Crippen molar-refractivity contribution in [2.75, 3.05) is 19.6 Å². The Morgan fingerprint density at radius 3 is 2.62 bits per heavy atom. The molecular weight excluding hydrogens is 295 g/mol. The first-order chi connectivity index (χ1) is 9.80. The highest BCUT2D eigenvalue weighted by Gasteiger charge is 2.46. The van der Waals surface area contributed by atoms with E-state index in [1.165, 1.54) is 4.90 Å². The highest BCUT2D eigenvalue weighted by Crippen LogP contribution is 2.43. The second-order valence-electron chi connectivity index (χ2n) is 5.05. The molecule has 0 unspecified atom stereocenters. The molecule has 1 atom stereocenters. The van der Waals surface area contributed by atoms with Gasteiger partial charge < -0.3 is 10.2 Å². The number of piperazine rings is 1. The van der Waals surface area contributed by atoms with Gasteiger partial charge in [-0.05, 0) is 17.7 Å². The van der Waals surface area contributed by atoms with Gasteiger partial charge in [-0.1, -0.05) is 0 Å². The van der Waals surface area contributed by atoms with E-state index in [0.717, 1.165) is 6.07 Å². The van der Waals surface area contributed by atoms with Crippen molar-refractivity contribution in [2.45, 2.75) is 18.6 Å². The van der Waals surface area contributed by atoms with Crippen molar-refractivity contribution in [1.82, 2.24) is 10.2 Å². The first-order valence-electron chi connectivity index (χ1n) is 6.35. The molecule has 2 aliphatic rings. The number of halogens is 5. The number of nitrogens with zero attached hydrogens (tertiary/aromatic N) is 1. The molecule has 0 aromatic heterocycles. The fourth-order valence-electron chi connectivity index (χ4n) is 2.91. The summed E-state index contributed by atoms with van der Waals surface area (Å²) in [5.41, 5.74) is -2.42. The van der Waals surface area contributed by atoms with Gasteiger partial charge in [-0.15, -0.1) is 0 Å². The van der Waals surface area contributed by atoms with E-state index >= 15 is 0 Å². The second kappa shape index (κ2) is 4.66. The molecule has 2 heterocycles. The lowest BCUT2D eigenvalue weighted by Crippen LogP contribution is -2.44. The van der Waals surface area contributed by atoms with Crippen LogP contribution in [0.15, 0.2) is 12.1 Å². The number of hydrogen-bond acceptors (Lipinski definition) is 2. The third kappa shape index (κ3) is 2.17. The maximum Gasteiger partial charge on any atom is 0.417 e. The molecule has 1 aromatic carbocycles. The molecule has 0 aliphatic carbocycles. The van der Waals surface area contributed by atoms with Crippen molar-refractivity contribution in [3.8, 4) is 0 Å². The van der Waals surface area contributed by atoms with Gasteiger partial charge in [0.2, 0.25) is 0 Å². The Labute approximate surface area is 116 Å². The summed E-state index contributed by atoms with van der Waals surface area (Å²) >= 11 is 0. The standard InChI is InChI=1S/C13H11F5N2O/c14-11(15)6-3-7-9-5-19-1-2-20(9)12(21)10(7)8(4-6)13(16,17)18/h3-4,9,11,19H,1-2,5H2/t9-/m0/s1. The smallest absolute Gasteiger partial charge is 0.329 e. The van der Waals surface area contributed by atoms with Gasteiger partial charge >= 0.3 is 6.18 Å². The summed E-state index contributed by atoms with van der Waals surface area (Å²) in [5, 5.41) is 2.96. The number of fused-ring (bicyclic) bond motifs is 3. The largest absolute Gasteiger partial charge is 0.417 e. The normalized spacial score (nSPS) is 21.7. The highest BCUT2D eigenvalue weighted by molar-refractivity contribution is 6.01. The summed E-state index contributed by atoms with van der Waals surface area (Å²) in [6, 6.07) is 0.791. The predicted molar refractivity (Wildman–Crippen MR) is 63.0 cm³/mol. The number of carbonyl (C=O) groups is 1. The Hall–Kier alpha value is -1.70. The van der Waals surface area contributed by atoms with Gasteiger partial charge in [0.05, 0.1) is 17.2 Å². The fourth-order valence-corrected chi connectivity index (χ4v) is 2.91. The highest BCUT2D eigenvalue weighted by atomic mass is 19.4. The molecule has 21 heavy (non-hydrogen) atoms. The van der Waals surface area contributed by atoms with Crippen LogP contribution in [0, 0.1) is 0 Å². The van der Waals surface area contributed by atoms with E-state index in [2.05, 4.69) is 5.32 Å². The molecular formula is C13H11F5N2O. The van der Waals surface area contributed by atoms with Gasteiger partial charge in [0.1, 0.15) is 0 Å². The molecule has 0 saturated carbocycles. The minimum atomic E-state index is -4.84. The number of rotatable bonds is 1. The molecule has 1 fully saturated rings. The number of benzene rings is 1. The monoisotopic (exact) mass is 306 g/mol. The molecule has 1 aromatic rings. The van der Waals surface area contributed by atoms with E-state index in [4.69, 9.17) is 0 Å². The lowest BCUT2D eigenvalue weighted by molar-refractivity contribution is -0.138. The first kappa shape index (κ1) is 14.2. The Bertz CT molecular complexity index is 599. The summed E-state index contributed by atoms with van der Waals surface area (Å²) in [4.78, 5) is 13.5. The zero-order valence-electron chi connectivity index (χ0n) is 10.7. The van der Waals surface area contributed by atoms with Crippen LogP contribution in [0.1, 0.15) is 39.5 Å². The number of nitrogens with one attached hydrogen (secondary N) is 1. The molecule has 3 nitrogen and oxygen atoms in total. The van der Waals surface area contributed by atoms with Crippen molar-refractivity contribution in [3.05, 3.63) is 34.4 Å². The summed E-state index contributed by atoms with van der Waals surface area (Å²) in [6.07, 6.45) is -7.86. The third-order valence-electron chi connectivity index (χ3n) is 3.83. The van der Waals surface area contributed by atoms with E-state index in [-0.39, 0.29) is 18.7 Å². The van der Waals surface area contributed by atoms with Crippen LogP contribution in [0.25, 0.3) is 0 Å². The summed E-state index contributed by atoms with van der Waals surface area (Å²) in [6.45, 7) is 1.00. The van der Waals surface area contributed by atoms with Crippen LogP contribution in [0.3, 0.4) is 0 Å². The van der Waals surface area contributed by atoms with Gasteiger partial charge in [-0.2, -0.15) is 13.2 Å². The molecule has 0 bridgehead atoms. The minimum absolute atomic E-state index is 0.0392. The predicted octanol–water partition coefficient (Wildman–Crippen LogP) is 2.74. The zero-order valence-corrected chi connectivity index (χ0v) is 10.7. The van der Waals surface area contributed by atoms with Crippen molar-refractivity contribution < 1.29 is 26.7 Å². The van der Waals surface area contributed by atoms with Crippen LogP contribution >= 0.6 is 0 Å². The Morgan fingerprint density at radius 2 is 2.00 bits per heavy atom. The fraction of sp³-hybridized carbons (Fsp3) is 0.462. The summed E-state index contributed by atoms with van der Waals surface area (Å²) in [7, 11) is 0. The molecule has 3 rings (SSSR count). The van der Waals surface area contributed by atoms with Gasteiger partial charge in [0.25, 0.3) is 12.3 Å². The number of carbonyl (C=O) groups excluding carboxylic acids is 1. The number of alkyl halides is 5. The third-order valence-corrected chi connectivity index (χ3v) is 3.83. The van der Waals surface area contributed by atoms with E-state index in [1.54, 1.807) is 0 Å². The number of hydrogen-bond donors (Lipinski definition) is 1. The van der Waals surface area contributed by atoms with E-state index < -0.39 is 41.2 Å². The summed E-state index contributed by atoms with van der Waals surface area (Å²) in [5.74, 6) is -0.732. The van der Waals surface area contributed by atoms with Gasteiger partial charge in [-0.25, -0.2) is 8.78 Å². The SMILES string of the molecule is O=C1c2c(cc(C(F)F)cc2C(F)(F)F)[C@@H]2CNCCN12. The van der Waals surface area contributed by atoms with Crippen molar-refractivity contribution >= 4 is 5.91 Å². The van der Waals surface area contributed by atoms with Gasteiger partial charge in [-0.3, -0.25) is 4.79 Å². The molecule has 0 radical (unpaired) electrons. The topological polar surface area (TPSA) is 32.3 Å². The molecule has 8 heteroatoms. The van der Waals surface area contributed by atoms with E-state index in [1.807, 2.05) is 0 Å². The maximum absolute atomic E-state index is 13.1. The zero-order chi connectivity index (χ0) is 15.4. The van der Waals surface area contributed by atoms with Gasteiger partial charge in [0, 0.05) is 25.2 Å². The summed E-state index contributed by atoms with van der Waals surface area (Å²) < 4.78 is 65.0. The molecule has 0 spiro atoms. The Balaban J connectivity index is 2.22. The van der Waals surface area contributed by atoms with E-state index in [0.29, 0.717) is 12.6 Å². The van der Waals surface area contributed by atoms with Crippen LogP contribution in [-0.2, 0) is 6.18 Å². The van der Waals surface area contributed by atoms with E-state index in [9.17, 15) is 26.7 Å². The lowest BCUT2D eigenvalue weighted by Gasteiger charge is -2.30. The van der Waals surface area contributed by atoms with Crippen molar-refractivity contribution in [3.63, 3.8) is 0 Å². The van der Waals surface area contributed by atoms with Crippen LogP contribution in [0.4, 0.5) is 22.0 Å². The van der Waals surface area contributed by atoms with Crippen LogP contribution < -0.4 is 5.32 Å². The van der Waals surface area contributed by atoms with Crippen molar-refractivity contribution in [1.29, 1.82) is 0 Å². The quantitative estimate of drug-likeness (QED) is 0.809. The molecule has 1 amide bonds. The second-order valence-corrected chi connectivity index (χ2v) is 5.05. The minimum Gasteiger partial charge on any atom is -0.329 e. The average molecular weight is 306 g/mol. The molecule has 1 N–H and O–H groups in total. The Morgan fingerprint density at radius 1 is 1.29 bits per heavy atom. The van der Waals surface area contributed by atoms with Gasteiger partial charge in [0.15, 0.2) is 0 Å². The maximum atomic E-state index is 13.1. The van der Waals surface area contributed by atoms with Crippen LogP contribution in [0.2, 0.25) is 0 Å². The Kier molecular flexibility index (Phi) is 3.16. The number of amides is 1. The molecule has 1 saturated heterocycles. The molecule has 114 valence electrons. The van der Waals surface area contributed by atoms with Crippen molar-refractivity contribution in [2.24, 2.45) is 0 Å². The van der Waals surface area contributed by atoms with Crippen LogP contribution in [-0.4, -0.2) is 30.4 Å². The van der Waals surface area contributed by atoms with Crippen LogP contribution in [0.5, 0.6) is 0 Å².